The van der Waals surface area contributed by atoms with Gasteiger partial charge in [0.15, 0.2) is 0 Å². The van der Waals surface area contributed by atoms with Crippen molar-refractivity contribution in [2.24, 2.45) is 11.8 Å². The molecule has 0 amide bonds. The van der Waals surface area contributed by atoms with Crippen molar-refractivity contribution in [1.82, 2.24) is 4.90 Å². The zero-order valence-electron chi connectivity index (χ0n) is 16.7. The van der Waals surface area contributed by atoms with Crippen molar-refractivity contribution in [2.45, 2.75) is 68.4 Å². The fraction of sp³-hybridized carbons (Fsp3) is 0.696. The van der Waals surface area contributed by atoms with Gasteiger partial charge in [0, 0.05) is 24.4 Å². The first kappa shape index (κ1) is 18.4. The molecule has 1 heterocycles. The third-order valence-corrected chi connectivity index (χ3v) is 8.12. The maximum atomic E-state index is 12.2. The van der Waals surface area contributed by atoms with Crippen LogP contribution in [0.4, 0.5) is 0 Å². The van der Waals surface area contributed by atoms with E-state index >= 15 is 0 Å². The van der Waals surface area contributed by atoms with Crippen molar-refractivity contribution >= 4 is 5.97 Å². The van der Waals surface area contributed by atoms with Crippen molar-refractivity contribution in [1.29, 1.82) is 0 Å². The molecule has 4 atom stereocenters. The molecule has 1 aromatic rings. The topological polar surface area (TPSA) is 70.0 Å². The lowest BCUT2D eigenvalue weighted by molar-refractivity contribution is -0.177. The molecule has 2 saturated carbocycles. The molecule has 5 heteroatoms. The van der Waals surface area contributed by atoms with Crippen LogP contribution in [0.25, 0.3) is 0 Å². The smallest absolute Gasteiger partial charge is 0.303 e. The van der Waals surface area contributed by atoms with Crippen LogP contribution in [0.2, 0.25) is 0 Å². The molecule has 0 radical (unpaired) electrons. The van der Waals surface area contributed by atoms with Gasteiger partial charge < -0.3 is 14.9 Å². The van der Waals surface area contributed by atoms with Crippen LogP contribution in [0.5, 0.6) is 5.75 Å². The average molecular weight is 386 g/mol. The van der Waals surface area contributed by atoms with Crippen molar-refractivity contribution in [3.63, 3.8) is 0 Å². The average Bonchev–Trinajstić information content (AvgIpc) is 3.48. The van der Waals surface area contributed by atoms with E-state index in [1.165, 1.54) is 24.0 Å². The number of rotatable bonds is 5. The van der Waals surface area contributed by atoms with E-state index in [2.05, 4.69) is 17.0 Å². The molecule has 5 rings (SSSR count). The second-order valence-electron chi connectivity index (χ2n) is 9.64. The van der Waals surface area contributed by atoms with E-state index in [9.17, 15) is 15.0 Å². The summed E-state index contributed by atoms with van der Waals surface area (Å²) in [6.45, 7) is 2.10. The van der Waals surface area contributed by atoms with Gasteiger partial charge in [0.25, 0.3) is 0 Å². The Hall–Kier alpha value is -1.59. The van der Waals surface area contributed by atoms with E-state index in [1.807, 2.05) is 6.07 Å². The number of aliphatic carboxylic acids is 1. The van der Waals surface area contributed by atoms with Gasteiger partial charge in [0.2, 0.25) is 0 Å². The predicted octanol–water partition coefficient (Wildman–Crippen LogP) is 2.98. The van der Waals surface area contributed by atoms with Gasteiger partial charge in [0.1, 0.15) is 5.75 Å². The number of hydrogen-bond acceptors (Lipinski definition) is 4. The Labute approximate surface area is 166 Å². The number of ether oxygens (including phenoxy) is 1. The van der Waals surface area contributed by atoms with Gasteiger partial charge in [-0.05, 0) is 86.6 Å². The van der Waals surface area contributed by atoms with Gasteiger partial charge in [-0.1, -0.05) is 6.07 Å². The largest absolute Gasteiger partial charge is 0.497 e. The molecule has 0 aromatic heterocycles. The Balaban J connectivity index is 1.59. The zero-order valence-corrected chi connectivity index (χ0v) is 16.7. The summed E-state index contributed by atoms with van der Waals surface area (Å²) in [5.74, 6) is 1.04. The summed E-state index contributed by atoms with van der Waals surface area (Å²) < 4.78 is 5.51. The van der Waals surface area contributed by atoms with Crippen LogP contribution in [0.15, 0.2) is 18.2 Å². The molecule has 5 nitrogen and oxygen atoms in total. The lowest BCUT2D eigenvalue weighted by atomic mass is 9.48. The minimum absolute atomic E-state index is 0.130. The molecule has 2 bridgehead atoms. The Bertz CT molecular complexity index is 791. The molecular formula is C23H31NO4. The van der Waals surface area contributed by atoms with Crippen LogP contribution < -0.4 is 4.74 Å². The SMILES string of the molecule is COc1ccc2c(c1)[C@]13CCN(CC4CC4)[C@H](C2)[C@]1(O)CC[C@@H](CC(=O)O)C3. The van der Waals surface area contributed by atoms with Gasteiger partial charge in [-0.2, -0.15) is 0 Å². The van der Waals surface area contributed by atoms with Crippen LogP contribution >= 0.6 is 0 Å². The predicted molar refractivity (Wildman–Crippen MR) is 106 cm³/mol. The van der Waals surface area contributed by atoms with E-state index < -0.39 is 11.6 Å². The fourth-order valence-electron chi connectivity index (χ4n) is 6.59. The minimum Gasteiger partial charge on any atom is -0.497 e. The van der Waals surface area contributed by atoms with Crippen molar-refractivity contribution in [3.05, 3.63) is 29.3 Å². The number of carbonyl (C=O) groups is 1. The third kappa shape index (κ3) is 2.70. The summed E-state index contributed by atoms with van der Waals surface area (Å²) in [5, 5.41) is 21.6. The molecule has 0 spiro atoms. The first-order valence-corrected chi connectivity index (χ1v) is 10.8. The number of fused-ring (bicyclic) bond motifs is 1. The summed E-state index contributed by atoms with van der Waals surface area (Å²) in [6, 6.07) is 6.46. The number of benzene rings is 1. The van der Waals surface area contributed by atoms with Gasteiger partial charge in [-0.25, -0.2) is 0 Å². The van der Waals surface area contributed by atoms with Gasteiger partial charge in [-0.15, -0.1) is 0 Å². The number of nitrogens with zero attached hydrogens (tertiary/aromatic N) is 1. The first-order valence-electron chi connectivity index (χ1n) is 10.8. The number of hydrogen-bond donors (Lipinski definition) is 2. The molecule has 3 fully saturated rings. The highest BCUT2D eigenvalue weighted by Crippen LogP contribution is 2.60. The quantitative estimate of drug-likeness (QED) is 0.815. The lowest BCUT2D eigenvalue weighted by Crippen LogP contribution is -2.73. The molecule has 4 aliphatic rings. The van der Waals surface area contributed by atoms with E-state index in [0.717, 1.165) is 50.4 Å². The van der Waals surface area contributed by atoms with Crippen molar-refractivity contribution < 1.29 is 19.7 Å². The highest BCUT2D eigenvalue weighted by atomic mass is 16.5. The molecule has 152 valence electrons. The summed E-state index contributed by atoms with van der Waals surface area (Å²) in [4.78, 5) is 14.0. The summed E-state index contributed by atoms with van der Waals surface area (Å²) >= 11 is 0. The Morgan fingerprint density at radius 2 is 2.07 bits per heavy atom. The van der Waals surface area contributed by atoms with Crippen molar-refractivity contribution in [2.75, 3.05) is 20.2 Å². The first-order chi connectivity index (χ1) is 13.4. The van der Waals surface area contributed by atoms with Gasteiger partial charge in [0.05, 0.1) is 12.7 Å². The summed E-state index contributed by atoms with van der Waals surface area (Å²) in [5.41, 5.74) is 1.41. The van der Waals surface area contributed by atoms with Gasteiger partial charge >= 0.3 is 5.97 Å². The highest BCUT2D eigenvalue weighted by molar-refractivity contribution is 5.67. The highest BCUT2D eigenvalue weighted by Gasteiger charge is 2.64. The number of likely N-dealkylation sites (tertiary alicyclic amines) is 1. The van der Waals surface area contributed by atoms with E-state index in [4.69, 9.17) is 4.74 Å². The Morgan fingerprint density at radius 3 is 2.79 bits per heavy atom. The third-order valence-electron chi connectivity index (χ3n) is 8.12. The van der Waals surface area contributed by atoms with E-state index in [0.29, 0.717) is 6.42 Å². The zero-order chi connectivity index (χ0) is 19.5. The van der Waals surface area contributed by atoms with Crippen LogP contribution in [0.1, 0.15) is 56.1 Å². The minimum atomic E-state index is -0.769. The Kier molecular flexibility index (Phi) is 4.25. The van der Waals surface area contributed by atoms with Crippen LogP contribution in [0.3, 0.4) is 0 Å². The Morgan fingerprint density at radius 1 is 1.25 bits per heavy atom. The molecule has 0 unspecified atom stereocenters. The number of piperidine rings is 1. The molecule has 3 aliphatic carbocycles. The molecular weight excluding hydrogens is 354 g/mol. The standard InChI is InChI=1S/C23H31NO4/c1-28-18-5-4-17-11-20-23(27)7-6-16(10-21(25)26)13-22(23,19(17)12-18)8-9-24(20)14-15-2-3-15/h4-5,12,15-16,20,27H,2-3,6-11,13-14H2,1H3,(H,25,26)/t16-,20+,22+,23+/m0/s1. The molecule has 1 saturated heterocycles. The van der Waals surface area contributed by atoms with Crippen LogP contribution in [0, 0.1) is 11.8 Å². The number of methoxy groups -OCH3 is 1. The monoisotopic (exact) mass is 385 g/mol. The summed E-state index contributed by atoms with van der Waals surface area (Å²) in [7, 11) is 1.68. The lowest BCUT2D eigenvalue weighted by Gasteiger charge is -2.65. The molecule has 28 heavy (non-hydrogen) atoms. The van der Waals surface area contributed by atoms with Crippen LogP contribution in [-0.4, -0.2) is 52.9 Å². The van der Waals surface area contributed by atoms with E-state index in [-0.39, 0.29) is 23.8 Å². The number of carboxylic acid groups (broad SMARTS) is 1. The second kappa shape index (κ2) is 6.46. The molecule has 1 aromatic carbocycles. The number of carboxylic acids is 1. The summed E-state index contributed by atoms with van der Waals surface area (Å²) in [6.07, 6.45) is 6.90. The molecule has 1 aliphatic heterocycles. The van der Waals surface area contributed by atoms with E-state index in [1.54, 1.807) is 7.11 Å². The maximum absolute atomic E-state index is 12.2. The fourth-order valence-corrected chi connectivity index (χ4v) is 6.59. The number of aliphatic hydroxyl groups is 1. The maximum Gasteiger partial charge on any atom is 0.303 e. The molecule has 2 N–H and O–H groups in total. The second-order valence-corrected chi connectivity index (χ2v) is 9.64. The van der Waals surface area contributed by atoms with Crippen LogP contribution in [-0.2, 0) is 16.6 Å². The van der Waals surface area contributed by atoms with Gasteiger partial charge in [-0.3, -0.25) is 9.69 Å². The van der Waals surface area contributed by atoms with Crippen molar-refractivity contribution in [3.8, 4) is 5.75 Å². The normalized spacial score (nSPS) is 37.1.